The second-order valence-electron chi connectivity index (χ2n) is 6.24. The minimum absolute atomic E-state index is 0.0311. The van der Waals surface area contributed by atoms with Gasteiger partial charge in [0.05, 0.1) is 17.0 Å². The Morgan fingerprint density at radius 3 is 2.37 bits per heavy atom. The fraction of sp³-hybridized carbons (Fsp3) is 0.316. The lowest BCUT2D eigenvalue weighted by Crippen LogP contribution is -2.22. The van der Waals surface area contributed by atoms with E-state index in [9.17, 15) is 4.79 Å². The van der Waals surface area contributed by atoms with Crippen molar-refractivity contribution in [3.63, 3.8) is 0 Å². The third-order valence-corrected chi connectivity index (χ3v) is 5.73. The molecule has 0 bridgehead atoms. The highest BCUT2D eigenvalue weighted by Gasteiger charge is 2.14. The Morgan fingerprint density at radius 2 is 1.70 bits per heavy atom. The van der Waals surface area contributed by atoms with E-state index in [1.165, 1.54) is 18.3 Å². The first-order valence-electron chi connectivity index (χ1n) is 8.56. The van der Waals surface area contributed by atoms with Crippen molar-refractivity contribution in [2.75, 3.05) is 0 Å². The number of carbonyl (C=O) groups excluding carboxylic acids is 1. The van der Waals surface area contributed by atoms with Crippen LogP contribution in [-0.2, 0) is 4.79 Å². The zero-order chi connectivity index (χ0) is 19.4. The lowest BCUT2D eigenvalue weighted by molar-refractivity contribution is -0.119. The average Bonchev–Trinajstić information content (AvgIpc) is 3.25. The van der Waals surface area contributed by atoms with E-state index < -0.39 is 0 Å². The molecule has 142 valence electrons. The van der Waals surface area contributed by atoms with Crippen molar-refractivity contribution in [3.8, 4) is 26.6 Å². The molecule has 0 aliphatic rings. The number of ether oxygens (including phenoxy) is 2. The van der Waals surface area contributed by atoms with Gasteiger partial charge in [-0.3, -0.25) is 4.79 Å². The first kappa shape index (κ1) is 19.3. The van der Waals surface area contributed by atoms with E-state index in [1.807, 2.05) is 57.2 Å². The highest BCUT2D eigenvalue weighted by Crippen LogP contribution is 2.36. The summed E-state index contributed by atoms with van der Waals surface area (Å²) in [5.41, 5.74) is 0. The lowest BCUT2D eigenvalue weighted by Gasteiger charge is -2.09. The van der Waals surface area contributed by atoms with Crippen LogP contribution in [0.1, 0.15) is 38.6 Å². The van der Waals surface area contributed by atoms with E-state index >= 15 is 0 Å². The van der Waals surface area contributed by atoms with Crippen LogP contribution in [0.25, 0.3) is 9.88 Å². The highest BCUT2D eigenvalue weighted by molar-refractivity contribution is 7.22. The van der Waals surface area contributed by atoms with Gasteiger partial charge in [-0.1, -0.05) is 16.4 Å². The van der Waals surface area contributed by atoms with Crippen molar-refractivity contribution >= 4 is 28.6 Å². The molecule has 1 unspecified atom stereocenters. The number of benzene rings is 1. The van der Waals surface area contributed by atoms with Gasteiger partial charge in [-0.15, -0.1) is 16.4 Å². The number of nitrogens with zero attached hydrogens (tertiary/aromatic N) is 2. The van der Waals surface area contributed by atoms with Gasteiger partial charge in [-0.25, -0.2) is 0 Å². The molecule has 8 heteroatoms. The molecule has 3 aromatic rings. The van der Waals surface area contributed by atoms with Gasteiger partial charge < -0.3 is 14.8 Å². The number of hydrogen-bond acceptors (Lipinski definition) is 7. The number of carbonyl (C=O) groups is 1. The second-order valence-corrected chi connectivity index (χ2v) is 8.29. The summed E-state index contributed by atoms with van der Waals surface area (Å²) in [6.45, 7) is 7.44. The largest absolute Gasteiger partial charge is 0.491 e. The molecule has 6 nitrogen and oxygen atoms in total. The first-order valence-corrected chi connectivity index (χ1v) is 10.2. The second kappa shape index (κ2) is 8.49. The Labute approximate surface area is 166 Å². The van der Waals surface area contributed by atoms with E-state index in [1.54, 1.807) is 11.3 Å². The molecule has 0 saturated heterocycles. The van der Waals surface area contributed by atoms with E-state index in [0.717, 1.165) is 20.5 Å². The summed E-state index contributed by atoms with van der Waals surface area (Å²) in [5, 5.41) is 12.5. The van der Waals surface area contributed by atoms with Gasteiger partial charge in [-0.05, 0) is 57.2 Å². The molecule has 0 spiro atoms. The summed E-state index contributed by atoms with van der Waals surface area (Å²) in [6, 6.07) is 11.4. The van der Waals surface area contributed by atoms with Crippen LogP contribution in [-0.4, -0.2) is 22.2 Å². The standard InChI is InChI=1S/C19H21N3O3S2/c1-11(2)24-14-5-7-15(8-6-14)25-19-22-21-18(27-19)17-10-9-16(26-17)12(3)20-13(4)23/h5-12H,1-4H3,(H,20,23). The zero-order valence-corrected chi connectivity index (χ0v) is 17.2. The predicted octanol–water partition coefficient (Wildman–Crippen LogP) is 5.04. The van der Waals surface area contributed by atoms with Gasteiger partial charge in [0.15, 0.2) is 5.01 Å². The minimum Gasteiger partial charge on any atom is -0.491 e. The molecule has 0 radical (unpaired) electrons. The van der Waals surface area contributed by atoms with Crippen LogP contribution < -0.4 is 14.8 Å². The Bertz CT molecular complexity index is 903. The molecule has 3 rings (SSSR count). The Hall–Kier alpha value is -2.45. The van der Waals surface area contributed by atoms with E-state index in [4.69, 9.17) is 9.47 Å². The summed E-state index contributed by atoms with van der Waals surface area (Å²) in [5.74, 6) is 1.43. The fourth-order valence-electron chi connectivity index (χ4n) is 2.39. The molecular weight excluding hydrogens is 382 g/mol. The molecule has 1 amide bonds. The molecule has 0 saturated carbocycles. The monoisotopic (exact) mass is 403 g/mol. The van der Waals surface area contributed by atoms with Gasteiger partial charge >= 0.3 is 0 Å². The minimum atomic E-state index is -0.0473. The van der Waals surface area contributed by atoms with Crippen LogP contribution in [0.15, 0.2) is 36.4 Å². The lowest BCUT2D eigenvalue weighted by atomic mass is 10.3. The van der Waals surface area contributed by atoms with E-state index in [-0.39, 0.29) is 18.1 Å². The Balaban J connectivity index is 1.66. The van der Waals surface area contributed by atoms with Crippen LogP contribution in [0.3, 0.4) is 0 Å². The first-order chi connectivity index (χ1) is 12.9. The number of rotatable bonds is 7. The topological polar surface area (TPSA) is 73.3 Å². The van der Waals surface area contributed by atoms with Crippen molar-refractivity contribution < 1.29 is 14.3 Å². The number of hydrogen-bond donors (Lipinski definition) is 1. The number of amides is 1. The molecule has 2 heterocycles. The molecule has 0 aliphatic heterocycles. The van der Waals surface area contributed by atoms with Crippen molar-refractivity contribution in [3.05, 3.63) is 41.3 Å². The molecular formula is C19H21N3O3S2. The third kappa shape index (κ3) is 5.27. The Kier molecular flexibility index (Phi) is 6.08. The molecule has 1 N–H and O–H groups in total. The smallest absolute Gasteiger partial charge is 0.299 e. The summed E-state index contributed by atoms with van der Waals surface area (Å²) < 4.78 is 11.4. The third-order valence-electron chi connectivity index (χ3n) is 3.49. The molecule has 1 atom stereocenters. The maximum Gasteiger partial charge on any atom is 0.299 e. The number of aromatic nitrogens is 2. The quantitative estimate of drug-likeness (QED) is 0.598. The summed E-state index contributed by atoms with van der Waals surface area (Å²) >= 11 is 2.97. The summed E-state index contributed by atoms with van der Waals surface area (Å²) in [6.07, 6.45) is 0.131. The van der Waals surface area contributed by atoms with Crippen LogP contribution >= 0.6 is 22.7 Å². The fourth-order valence-corrected chi connectivity index (χ4v) is 4.16. The summed E-state index contributed by atoms with van der Waals surface area (Å²) in [7, 11) is 0. The van der Waals surface area contributed by atoms with Gasteiger partial charge in [-0.2, -0.15) is 0 Å². The van der Waals surface area contributed by atoms with E-state index in [0.29, 0.717) is 10.9 Å². The SMILES string of the molecule is CC(=O)NC(C)c1ccc(-c2nnc(Oc3ccc(OC(C)C)cc3)s2)s1. The molecule has 0 aliphatic carbocycles. The zero-order valence-electron chi connectivity index (χ0n) is 15.6. The number of nitrogens with one attached hydrogen (secondary N) is 1. The predicted molar refractivity (Wildman–Crippen MR) is 108 cm³/mol. The van der Waals surface area contributed by atoms with Crippen LogP contribution in [0.5, 0.6) is 16.7 Å². The maximum absolute atomic E-state index is 11.2. The van der Waals surface area contributed by atoms with Crippen LogP contribution in [0, 0.1) is 0 Å². The van der Waals surface area contributed by atoms with Crippen LogP contribution in [0.4, 0.5) is 0 Å². The Morgan fingerprint density at radius 1 is 1.00 bits per heavy atom. The molecule has 0 fully saturated rings. The molecule has 1 aromatic carbocycles. The van der Waals surface area contributed by atoms with E-state index in [2.05, 4.69) is 15.5 Å². The van der Waals surface area contributed by atoms with Crippen molar-refractivity contribution in [1.29, 1.82) is 0 Å². The van der Waals surface area contributed by atoms with Crippen molar-refractivity contribution in [1.82, 2.24) is 15.5 Å². The number of thiophene rings is 1. The van der Waals surface area contributed by atoms with Gasteiger partial charge in [0.1, 0.15) is 11.5 Å². The normalized spacial score (nSPS) is 12.0. The van der Waals surface area contributed by atoms with Gasteiger partial charge in [0.2, 0.25) is 5.91 Å². The van der Waals surface area contributed by atoms with Crippen molar-refractivity contribution in [2.45, 2.75) is 39.8 Å². The van der Waals surface area contributed by atoms with Gasteiger partial charge in [0, 0.05) is 11.8 Å². The average molecular weight is 404 g/mol. The summed E-state index contributed by atoms with van der Waals surface area (Å²) in [4.78, 5) is 13.3. The molecule has 27 heavy (non-hydrogen) atoms. The highest BCUT2D eigenvalue weighted by atomic mass is 32.1. The maximum atomic E-state index is 11.2. The van der Waals surface area contributed by atoms with Crippen molar-refractivity contribution in [2.24, 2.45) is 0 Å². The van der Waals surface area contributed by atoms with Gasteiger partial charge in [0.25, 0.3) is 5.19 Å². The molecule has 2 aromatic heterocycles. The van der Waals surface area contributed by atoms with Crippen LogP contribution in [0.2, 0.25) is 0 Å².